The molecule has 1 aromatic carbocycles. The normalized spacial score (nSPS) is 10.3. The standard InChI is InChI=1S/C13H9ClO4/c1-7-2-3-8(14)6-9(7)12(15)10-4-5-11(18-10)13(16)17/h2-6H,1H3,(H,16,17). The molecule has 2 aromatic rings. The fourth-order valence-corrected chi connectivity index (χ4v) is 1.72. The van der Waals surface area contributed by atoms with Crippen molar-refractivity contribution in [1.82, 2.24) is 0 Å². The second kappa shape index (κ2) is 4.66. The SMILES string of the molecule is Cc1ccc(Cl)cc1C(=O)c1ccc(C(=O)O)o1. The van der Waals surface area contributed by atoms with Crippen molar-refractivity contribution in [3.05, 3.63) is 58.0 Å². The van der Waals surface area contributed by atoms with Gasteiger partial charge in [-0.05, 0) is 36.8 Å². The topological polar surface area (TPSA) is 67.5 Å². The zero-order valence-corrected chi connectivity index (χ0v) is 10.2. The Morgan fingerprint density at radius 2 is 1.83 bits per heavy atom. The summed E-state index contributed by atoms with van der Waals surface area (Å²) in [7, 11) is 0. The van der Waals surface area contributed by atoms with E-state index in [1.165, 1.54) is 18.2 Å². The zero-order chi connectivity index (χ0) is 13.3. The lowest BCUT2D eigenvalue weighted by atomic mass is 10.0. The molecule has 0 unspecified atom stereocenters. The van der Waals surface area contributed by atoms with Crippen molar-refractivity contribution in [3.63, 3.8) is 0 Å². The van der Waals surface area contributed by atoms with Crippen LogP contribution < -0.4 is 0 Å². The minimum absolute atomic E-state index is 0.0160. The van der Waals surface area contributed by atoms with Crippen molar-refractivity contribution in [1.29, 1.82) is 0 Å². The quantitative estimate of drug-likeness (QED) is 0.865. The number of hydrogen-bond acceptors (Lipinski definition) is 3. The van der Waals surface area contributed by atoms with Crippen molar-refractivity contribution in [2.24, 2.45) is 0 Å². The summed E-state index contributed by atoms with van der Waals surface area (Å²) in [6.07, 6.45) is 0. The minimum Gasteiger partial charge on any atom is -0.475 e. The van der Waals surface area contributed by atoms with Gasteiger partial charge in [0.05, 0.1) is 0 Å². The van der Waals surface area contributed by atoms with Gasteiger partial charge in [0.25, 0.3) is 0 Å². The molecule has 0 fully saturated rings. The van der Waals surface area contributed by atoms with E-state index in [0.29, 0.717) is 10.6 Å². The van der Waals surface area contributed by atoms with E-state index in [4.69, 9.17) is 21.1 Å². The van der Waals surface area contributed by atoms with E-state index in [2.05, 4.69) is 0 Å². The Kier molecular flexibility index (Phi) is 3.21. The summed E-state index contributed by atoms with van der Waals surface area (Å²) in [6.45, 7) is 1.77. The molecule has 0 radical (unpaired) electrons. The summed E-state index contributed by atoms with van der Waals surface area (Å²) < 4.78 is 4.96. The van der Waals surface area contributed by atoms with E-state index in [9.17, 15) is 9.59 Å². The molecular formula is C13H9ClO4. The Labute approximate surface area is 108 Å². The van der Waals surface area contributed by atoms with E-state index in [1.54, 1.807) is 19.1 Å². The summed E-state index contributed by atoms with van der Waals surface area (Å²) in [5, 5.41) is 9.16. The smallest absolute Gasteiger partial charge is 0.371 e. The van der Waals surface area contributed by atoms with Crippen LogP contribution in [0, 0.1) is 6.92 Å². The Bertz CT molecular complexity index is 628. The van der Waals surface area contributed by atoms with Crippen LogP contribution in [0.15, 0.2) is 34.7 Å². The van der Waals surface area contributed by atoms with Gasteiger partial charge >= 0.3 is 5.97 Å². The number of halogens is 1. The van der Waals surface area contributed by atoms with Gasteiger partial charge in [-0.2, -0.15) is 0 Å². The first-order valence-corrected chi connectivity index (χ1v) is 5.51. The van der Waals surface area contributed by atoms with E-state index < -0.39 is 5.97 Å². The number of carbonyl (C=O) groups excluding carboxylic acids is 1. The highest BCUT2D eigenvalue weighted by Crippen LogP contribution is 2.20. The second-order valence-electron chi connectivity index (χ2n) is 3.76. The number of benzene rings is 1. The molecule has 0 spiro atoms. The molecule has 1 heterocycles. The second-order valence-corrected chi connectivity index (χ2v) is 4.19. The average Bonchev–Trinajstić information content (AvgIpc) is 2.81. The van der Waals surface area contributed by atoms with Gasteiger partial charge in [0.1, 0.15) is 0 Å². The molecule has 1 N–H and O–H groups in total. The van der Waals surface area contributed by atoms with Crippen LogP contribution >= 0.6 is 11.6 Å². The summed E-state index contributed by atoms with van der Waals surface area (Å²) in [5.74, 6) is -1.88. The van der Waals surface area contributed by atoms with Gasteiger partial charge in [-0.25, -0.2) is 4.79 Å². The number of carbonyl (C=O) groups is 2. The maximum atomic E-state index is 12.1. The van der Waals surface area contributed by atoms with Gasteiger partial charge in [-0.1, -0.05) is 17.7 Å². The van der Waals surface area contributed by atoms with Gasteiger partial charge < -0.3 is 9.52 Å². The number of ketones is 1. The van der Waals surface area contributed by atoms with E-state index in [0.717, 1.165) is 5.56 Å². The van der Waals surface area contributed by atoms with E-state index in [1.807, 2.05) is 0 Å². The summed E-state index contributed by atoms with van der Waals surface area (Å²) >= 11 is 5.83. The highest BCUT2D eigenvalue weighted by atomic mass is 35.5. The monoisotopic (exact) mass is 264 g/mol. The maximum absolute atomic E-state index is 12.1. The molecule has 1 aromatic heterocycles. The Morgan fingerprint density at radius 3 is 2.44 bits per heavy atom. The van der Waals surface area contributed by atoms with Crippen LogP contribution in [-0.2, 0) is 0 Å². The van der Waals surface area contributed by atoms with Gasteiger partial charge in [-0.3, -0.25) is 4.79 Å². The molecule has 0 atom stereocenters. The minimum atomic E-state index is -1.21. The van der Waals surface area contributed by atoms with E-state index in [-0.39, 0.29) is 17.3 Å². The third kappa shape index (κ3) is 2.28. The fourth-order valence-electron chi connectivity index (χ4n) is 1.55. The lowest BCUT2D eigenvalue weighted by Crippen LogP contribution is -2.02. The molecule has 2 rings (SSSR count). The first-order chi connectivity index (χ1) is 8.49. The maximum Gasteiger partial charge on any atom is 0.371 e. The number of furan rings is 1. The van der Waals surface area contributed by atoms with Gasteiger partial charge in [-0.15, -0.1) is 0 Å². The molecule has 0 aliphatic rings. The van der Waals surface area contributed by atoms with Crippen molar-refractivity contribution in [2.75, 3.05) is 0 Å². The zero-order valence-electron chi connectivity index (χ0n) is 9.44. The van der Waals surface area contributed by atoms with Gasteiger partial charge in [0.15, 0.2) is 5.76 Å². The van der Waals surface area contributed by atoms with Crippen LogP contribution in [0.25, 0.3) is 0 Å². The first kappa shape index (κ1) is 12.4. The Balaban J connectivity index is 2.41. The number of hydrogen-bond donors (Lipinski definition) is 1. The van der Waals surface area contributed by atoms with Crippen molar-refractivity contribution in [3.8, 4) is 0 Å². The first-order valence-electron chi connectivity index (χ1n) is 5.13. The average molecular weight is 265 g/mol. The molecule has 0 bridgehead atoms. The predicted molar refractivity (Wildman–Crippen MR) is 65.3 cm³/mol. The lowest BCUT2D eigenvalue weighted by Gasteiger charge is -2.03. The molecule has 0 saturated carbocycles. The molecule has 4 nitrogen and oxygen atoms in total. The molecule has 18 heavy (non-hydrogen) atoms. The number of carboxylic acid groups (broad SMARTS) is 1. The van der Waals surface area contributed by atoms with Crippen LogP contribution in [0.1, 0.15) is 32.2 Å². The summed E-state index contributed by atoms with van der Waals surface area (Å²) in [6, 6.07) is 7.51. The van der Waals surface area contributed by atoms with Crippen LogP contribution in [0.4, 0.5) is 0 Å². The number of carboxylic acids is 1. The Morgan fingerprint density at radius 1 is 1.17 bits per heavy atom. The van der Waals surface area contributed by atoms with Gasteiger partial charge in [0.2, 0.25) is 11.5 Å². The van der Waals surface area contributed by atoms with Crippen molar-refractivity contribution in [2.45, 2.75) is 6.92 Å². The highest BCUT2D eigenvalue weighted by Gasteiger charge is 2.18. The van der Waals surface area contributed by atoms with Crippen molar-refractivity contribution < 1.29 is 19.1 Å². The molecular weight excluding hydrogens is 256 g/mol. The highest BCUT2D eigenvalue weighted by molar-refractivity contribution is 6.31. The third-order valence-corrected chi connectivity index (χ3v) is 2.72. The van der Waals surface area contributed by atoms with Crippen LogP contribution in [0.5, 0.6) is 0 Å². The largest absolute Gasteiger partial charge is 0.475 e. The number of rotatable bonds is 3. The molecule has 0 amide bonds. The molecule has 92 valence electrons. The summed E-state index contributed by atoms with van der Waals surface area (Å²) in [4.78, 5) is 22.8. The van der Waals surface area contributed by atoms with Crippen molar-refractivity contribution >= 4 is 23.4 Å². The van der Waals surface area contributed by atoms with Crippen LogP contribution in [0.2, 0.25) is 5.02 Å². The Hall–Kier alpha value is -2.07. The third-order valence-electron chi connectivity index (χ3n) is 2.48. The number of aromatic carboxylic acids is 1. The molecule has 5 heteroatoms. The number of aryl methyl sites for hydroxylation is 1. The molecule has 0 aliphatic heterocycles. The van der Waals surface area contributed by atoms with Gasteiger partial charge in [0, 0.05) is 10.6 Å². The summed E-state index contributed by atoms with van der Waals surface area (Å²) in [5.41, 5.74) is 1.14. The molecule has 0 aliphatic carbocycles. The molecule has 0 saturated heterocycles. The van der Waals surface area contributed by atoms with Crippen LogP contribution in [-0.4, -0.2) is 16.9 Å². The fraction of sp³-hybridized carbons (Fsp3) is 0.0769. The lowest BCUT2D eigenvalue weighted by molar-refractivity contribution is 0.0660. The predicted octanol–water partition coefficient (Wildman–Crippen LogP) is 3.17. The van der Waals surface area contributed by atoms with E-state index >= 15 is 0 Å². The van der Waals surface area contributed by atoms with Crippen LogP contribution in [0.3, 0.4) is 0 Å².